The first kappa shape index (κ1) is 16.7. The maximum absolute atomic E-state index is 4.78. The lowest BCUT2D eigenvalue weighted by molar-refractivity contribution is 0.192. The SMILES string of the molecule is CCC(C)N1CCN(c2cc(Br)nc(C(C)(C)C)n2)CC1. The summed E-state index contributed by atoms with van der Waals surface area (Å²) in [6.07, 6.45) is 1.22. The maximum Gasteiger partial charge on any atom is 0.137 e. The van der Waals surface area contributed by atoms with Crippen molar-refractivity contribution in [1.82, 2.24) is 14.9 Å². The maximum atomic E-state index is 4.78. The van der Waals surface area contributed by atoms with E-state index < -0.39 is 0 Å². The molecule has 21 heavy (non-hydrogen) atoms. The molecule has 4 nitrogen and oxygen atoms in total. The zero-order chi connectivity index (χ0) is 15.6. The number of nitrogens with zero attached hydrogens (tertiary/aromatic N) is 4. The van der Waals surface area contributed by atoms with E-state index in [0.29, 0.717) is 6.04 Å². The third kappa shape index (κ3) is 4.16. The molecule has 1 unspecified atom stereocenters. The number of hydrogen-bond donors (Lipinski definition) is 0. The van der Waals surface area contributed by atoms with E-state index in [1.165, 1.54) is 6.42 Å². The van der Waals surface area contributed by atoms with Gasteiger partial charge in [-0.3, -0.25) is 4.90 Å². The van der Waals surface area contributed by atoms with Gasteiger partial charge in [0.05, 0.1) is 0 Å². The zero-order valence-electron chi connectivity index (χ0n) is 13.9. The van der Waals surface area contributed by atoms with Crippen molar-refractivity contribution in [3.63, 3.8) is 0 Å². The van der Waals surface area contributed by atoms with Crippen LogP contribution in [0.1, 0.15) is 46.9 Å². The third-order valence-corrected chi connectivity index (χ3v) is 4.61. The smallest absolute Gasteiger partial charge is 0.137 e. The van der Waals surface area contributed by atoms with Gasteiger partial charge in [-0.1, -0.05) is 27.7 Å². The lowest BCUT2D eigenvalue weighted by atomic mass is 9.96. The van der Waals surface area contributed by atoms with Crippen molar-refractivity contribution in [3.8, 4) is 0 Å². The van der Waals surface area contributed by atoms with Gasteiger partial charge < -0.3 is 4.90 Å². The molecular formula is C16H27BrN4. The molecule has 0 aromatic carbocycles. The molecule has 1 aliphatic rings. The summed E-state index contributed by atoms with van der Waals surface area (Å²) in [5, 5.41) is 0. The van der Waals surface area contributed by atoms with Crippen molar-refractivity contribution >= 4 is 21.7 Å². The Hall–Kier alpha value is -0.680. The van der Waals surface area contributed by atoms with Crippen molar-refractivity contribution in [3.05, 3.63) is 16.5 Å². The largest absolute Gasteiger partial charge is 0.354 e. The van der Waals surface area contributed by atoms with E-state index in [-0.39, 0.29) is 5.41 Å². The van der Waals surface area contributed by atoms with E-state index in [1.807, 2.05) is 6.07 Å². The summed E-state index contributed by atoms with van der Waals surface area (Å²) in [5.74, 6) is 1.95. The average molecular weight is 355 g/mol. The second-order valence-corrected chi connectivity index (χ2v) is 7.72. The summed E-state index contributed by atoms with van der Waals surface area (Å²) < 4.78 is 0.877. The Balaban J connectivity index is 2.12. The van der Waals surface area contributed by atoms with E-state index in [2.05, 4.69) is 65.3 Å². The van der Waals surface area contributed by atoms with E-state index >= 15 is 0 Å². The van der Waals surface area contributed by atoms with Crippen LogP contribution >= 0.6 is 15.9 Å². The molecule has 1 aromatic heterocycles. The molecule has 0 amide bonds. The van der Waals surface area contributed by atoms with Crippen LogP contribution in [0.2, 0.25) is 0 Å². The molecular weight excluding hydrogens is 328 g/mol. The minimum Gasteiger partial charge on any atom is -0.354 e. The van der Waals surface area contributed by atoms with Crippen LogP contribution in [-0.4, -0.2) is 47.1 Å². The van der Waals surface area contributed by atoms with Crippen LogP contribution in [0.3, 0.4) is 0 Å². The number of piperazine rings is 1. The topological polar surface area (TPSA) is 32.3 Å². The van der Waals surface area contributed by atoms with Crippen LogP contribution in [-0.2, 0) is 5.41 Å². The summed E-state index contributed by atoms with van der Waals surface area (Å²) in [5.41, 5.74) is -0.0307. The molecule has 5 heteroatoms. The molecule has 1 aromatic rings. The fourth-order valence-corrected chi connectivity index (χ4v) is 2.93. The molecule has 0 bridgehead atoms. The van der Waals surface area contributed by atoms with Crippen LogP contribution in [0.25, 0.3) is 0 Å². The molecule has 0 radical (unpaired) electrons. The van der Waals surface area contributed by atoms with Gasteiger partial charge in [0.2, 0.25) is 0 Å². The van der Waals surface area contributed by atoms with Crippen LogP contribution in [0, 0.1) is 0 Å². The van der Waals surface area contributed by atoms with Gasteiger partial charge in [0.1, 0.15) is 16.2 Å². The number of rotatable bonds is 3. The second-order valence-electron chi connectivity index (χ2n) is 6.90. The Morgan fingerprint density at radius 2 is 1.81 bits per heavy atom. The van der Waals surface area contributed by atoms with Gasteiger partial charge in [-0.2, -0.15) is 0 Å². The number of anilines is 1. The lowest BCUT2D eigenvalue weighted by Gasteiger charge is -2.38. The molecule has 1 aliphatic heterocycles. The summed E-state index contributed by atoms with van der Waals surface area (Å²) in [6.45, 7) is 15.3. The van der Waals surface area contributed by atoms with Crippen molar-refractivity contribution in [2.24, 2.45) is 0 Å². The average Bonchev–Trinajstić information content (AvgIpc) is 2.45. The number of hydrogen-bond acceptors (Lipinski definition) is 4. The van der Waals surface area contributed by atoms with E-state index in [0.717, 1.165) is 42.4 Å². The Bertz CT molecular complexity index is 476. The minimum absolute atomic E-state index is 0.0307. The second kappa shape index (κ2) is 6.61. The first-order valence-corrected chi connectivity index (χ1v) is 8.64. The number of halogens is 1. The van der Waals surface area contributed by atoms with Crippen molar-refractivity contribution in [2.45, 2.75) is 52.5 Å². The molecule has 1 fully saturated rings. The predicted molar refractivity (Wildman–Crippen MR) is 92.0 cm³/mol. The quantitative estimate of drug-likeness (QED) is 0.778. The molecule has 0 N–H and O–H groups in total. The normalized spacial score (nSPS) is 18.9. The van der Waals surface area contributed by atoms with Crippen molar-refractivity contribution < 1.29 is 0 Å². The van der Waals surface area contributed by atoms with Gasteiger partial charge in [0.15, 0.2) is 0 Å². The van der Waals surface area contributed by atoms with Gasteiger partial charge in [-0.15, -0.1) is 0 Å². The monoisotopic (exact) mass is 354 g/mol. The first-order chi connectivity index (χ1) is 9.81. The van der Waals surface area contributed by atoms with Gasteiger partial charge in [-0.25, -0.2) is 9.97 Å². The molecule has 1 atom stereocenters. The summed E-state index contributed by atoms with van der Waals surface area (Å²) in [4.78, 5) is 14.3. The van der Waals surface area contributed by atoms with E-state index in [9.17, 15) is 0 Å². The molecule has 1 saturated heterocycles. The summed E-state index contributed by atoms with van der Waals surface area (Å²) >= 11 is 3.53. The lowest BCUT2D eigenvalue weighted by Crippen LogP contribution is -2.49. The molecule has 118 valence electrons. The van der Waals surface area contributed by atoms with Crippen molar-refractivity contribution in [2.75, 3.05) is 31.1 Å². The third-order valence-electron chi connectivity index (χ3n) is 4.20. The molecule has 0 saturated carbocycles. The van der Waals surface area contributed by atoms with E-state index in [4.69, 9.17) is 4.98 Å². The summed E-state index contributed by atoms with van der Waals surface area (Å²) in [6, 6.07) is 2.71. The van der Waals surface area contributed by atoms with Crippen LogP contribution in [0.4, 0.5) is 5.82 Å². The zero-order valence-corrected chi connectivity index (χ0v) is 15.4. The molecule has 2 heterocycles. The van der Waals surface area contributed by atoms with Gasteiger partial charge in [0.25, 0.3) is 0 Å². The Morgan fingerprint density at radius 3 is 2.33 bits per heavy atom. The minimum atomic E-state index is -0.0307. The highest BCUT2D eigenvalue weighted by Gasteiger charge is 2.24. The first-order valence-electron chi connectivity index (χ1n) is 7.85. The fraction of sp³-hybridized carbons (Fsp3) is 0.750. The number of aromatic nitrogens is 2. The highest BCUT2D eigenvalue weighted by atomic mass is 79.9. The molecule has 0 spiro atoms. The fourth-order valence-electron chi connectivity index (χ4n) is 2.55. The van der Waals surface area contributed by atoms with Gasteiger partial charge in [0, 0.05) is 43.7 Å². The standard InChI is InChI=1S/C16H27BrN4/c1-6-12(2)20-7-9-21(10-8-20)14-11-13(17)18-15(19-14)16(3,4)5/h11-12H,6-10H2,1-5H3. The van der Waals surface area contributed by atoms with Crippen LogP contribution in [0.5, 0.6) is 0 Å². The van der Waals surface area contributed by atoms with E-state index in [1.54, 1.807) is 0 Å². The Kier molecular flexibility index (Phi) is 5.25. The highest BCUT2D eigenvalue weighted by Crippen LogP contribution is 2.25. The predicted octanol–water partition coefficient (Wildman–Crippen LogP) is 3.46. The van der Waals surface area contributed by atoms with Gasteiger partial charge >= 0.3 is 0 Å². The molecule has 0 aliphatic carbocycles. The van der Waals surface area contributed by atoms with Gasteiger partial charge in [-0.05, 0) is 29.3 Å². The van der Waals surface area contributed by atoms with Crippen LogP contribution in [0.15, 0.2) is 10.7 Å². The Labute approximate surface area is 137 Å². The highest BCUT2D eigenvalue weighted by molar-refractivity contribution is 9.10. The van der Waals surface area contributed by atoms with Crippen LogP contribution < -0.4 is 4.90 Å². The summed E-state index contributed by atoms with van der Waals surface area (Å²) in [7, 11) is 0. The molecule has 2 rings (SSSR count). The van der Waals surface area contributed by atoms with Crippen molar-refractivity contribution in [1.29, 1.82) is 0 Å². The Morgan fingerprint density at radius 1 is 1.19 bits per heavy atom.